The van der Waals surface area contributed by atoms with Crippen LogP contribution in [0.25, 0.3) is 0 Å². The minimum absolute atomic E-state index is 0.184. The molecule has 23 heavy (non-hydrogen) atoms. The van der Waals surface area contributed by atoms with Crippen molar-refractivity contribution in [1.82, 2.24) is 10.9 Å². The molecule has 2 amide bonds. The molecule has 0 bridgehead atoms. The minimum Gasteiger partial charge on any atom is -0.492 e. The van der Waals surface area contributed by atoms with Gasteiger partial charge in [0, 0.05) is 11.1 Å². The number of ether oxygens (including phenoxy) is 2. The zero-order valence-electron chi connectivity index (χ0n) is 13.6. The third-order valence-corrected chi connectivity index (χ3v) is 3.24. The number of amides is 2. The van der Waals surface area contributed by atoms with Crippen LogP contribution in [0.1, 0.15) is 37.6 Å². The van der Waals surface area contributed by atoms with Crippen molar-refractivity contribution in [2.24, 2.45) is 5.92 Å². The van der Waals surface area contributed by atoms with Gasteiger partial charge in [0.25, 0.3) is 5.91 Å². The molecule has 0 saturated heterocycles. The zero-order valence-corrected chi connectivity index (χ0v) is 15.2. The first-order valence-corrected chi connectivity index (χ1v) is 8.32. The Labute approximate surface area is 145 Å². The van der Waals surface area contributed by atoms with Crippen LogP contribution in [0.4, 0.5) is 0 Å². The van der Waals surface area contributed by atoms with Crippen molar-refractivity contribution < 1.29 is 19.1 Å². The van der Waals surface area contributed by atoms with E-state index in [2.05, 4.69) is 26.8 Å². The maximum Gasteiger partial charge on any atom is 0.273 e. The number of benzene rings is 1. The van der Waals surface area contributed by atoms with Gasteiger partial charge in [-0.2, -0.15) is 0 Å². The van der Waals surface area contributed by atoms with Gasteiger partial charge < -0.3 is 9.47 Å². The second-order valence-electron chi connectivity index (χ2n) is 5.29. The van der Waals surface area contributed by atoms with Gasteiger partial charge in [0.05, 0.1) is 25.2 Å². The lowest BCUT2D eigenvalue weighted by atomic mass is 10.2. The van der Waals surface area contributed by atoms with Gasteiger partial charge in [0.1, 0.15) is 5.75 Å². The molecule has 0 unspecified atom stereocenters. The fraction of sp³-hybridized carbons (Fsp3) is 0.500. The number of carbonyl (C=O) groups is 2. The summed E-state index contributed by atoms with van der Waals surface area (Å²) < 4.78 is 11.5. The van der Waals surface area contributed by atoms with Gasteiger partial charge in [-0.3, -0.25) is 20.4 Å². The fourth-order valence-corrected chi connectivity index (χ4v) is 1.99. The Morgan fingerprint density at radius 2 is 2.00 bits per heavy atom. The topological polar surface area (TPSA) is 76.7 Å². The maximum absolute atomic E-state index is 12.2. The Morgan fingerprint density at radius 3 is 2.65 bits per heavy atom. The summed E-state index contributed by atoms with van der Waals surface area (Å²) in [6, 6.07) is 5.17. The number of hydrogen-bond acceptors (Lipinski definition) is 4. The second-order valence-corrected chi connectivity index (χ2v) is 6.21. The van der Waals surface area contributed by atoms with Gasteiger partial charge in [0.15, 0.2) is 0 Å². The monoisotopic (exact) mass is 386 g/mol. The van der Waals surface area contributed by atoms with Crippen molar-refractivity contribution in [1.29, 1.82) is 0 Å². The maximum atomic E-state index is 12.2. The predicted molar refractivity (Wildman–Crippen MR) is 91.2 cm³/mol. The first kappa shape index (κ1) is 19.4. The predicted octanol–water partition coefficient (Wildman–Crippen LogP) is 2.67. The smallest absolute Gasteiger partial charge is 0.273 e. The lowest BCUT2D eigenvalue weighted by Crippen LogP contribution is -2.42. The lowest BCUT2D eigenvalue weighted by molar-refractivity contribution is -0.122. The summed E-state index contributed by atoms with van der Waals surface area (Å²) in [5.74, 6) is 0.0667. The molecule has 0 radical (unpaired) electrons. The van der Waals surface area contributed by atoms with E-state index in [0.29, 0.717) is 37.1 Å². The van der Waals surface area contributed by atoms with Crippen LogP contribution >= 0.6 is 15.9 Å². The van der Waals surface area contributed by atoms with Crippen LogP contribution in [0.3, 0.4) is 0 Å². The summed E-state index contributed by atoms with van der Waals surface area (Å²) in [5.41, 5.74) is 5.10. The summed E-state index contributed by atoms with van der Waals surface area (Å²) in [5, 5.41) is 0. The summed E-state index contributed by atoms with van der Waals surface area (Å²) >= 11 is 3.33. The highest BCUT2D eigenvalue weighted by Crippen LogP contribution is 2.23. The summed E-state index contributed by atoms with van der Waals surface area (Å²) in [4.78, 5) is 23.8. The standard InChI is InChI=1S/C16H23BrN2O4/c1-4-22-8-7-15(20)18-19-16(21)13-9-12(17)5-6-14(13)23-10-11(2)3/h5-6,9,11H,4,7-8,10H2,1-3H3,(H,18,20)(H,19,21). The summed E-state index contributed by atoms with van der Waals surface area (Å²) in [6.45, 7) is 7.27. The van der Waals surface area contributed by atoms with E-state index in [9.17, 15) is 9.59 Å². The molecule has 7 heteroatoms. The Morgan fingerprint density at radius 1 is 1.26 bits per heavy atom. The van der Waals surface area contributed by atoms with Gasteiger partial charge in [-0.05, 0) is 31.0 Å². The zero-order chi connectivity index (χ0) is 17.2. The molecule has 0 aliphatic carbocycles. The number of nitrogens with one attached hydrogen (secondary N) is 2. The molecule has 128 valence electrons. The number of halogens is 1. The number of rotatable bonds is 8. The third kappa shape index (κ3) is 7.47. The van der Waals surface area contributed by atoms with Gasteiger partial charge in [0.2, 0.25) is 5.91 Å². The molecule has 0 atom stereocenters. The van der Waals surface area contributed by atoms with Crippen molar-refractivity contribution in [3.63, 3.8) is 0 Å². The molecule has 6 nitrogen and oxygen atoms in total. The van der Waals surface area contributed by atoms with Gasteiger partial charge >= 0.3 is 0 Å². The molecule has 2 N–H and O–H groups in total. The van der Waals surface area contributed by atoms with E-state index in [0.717, 1.165) is 4.47 Å². The average Bonchev–Trinajstić information content (AvgIpc) is 2.51. The Bertz CT molecular complexity index is 535. The van der Waals surface area contributed by atoms with Gasteiger partial charge in [-0.1, -0.05) is 29.8 Å². The van der Waals surface area contributed by atoms with E-state index < -0.39 is 5.91 Å². The highest BCUT2D eigenvalue weighted by Gasteiger charge is 2.14. The normalized spacial score (nSPS) is 10.5. The van der Waals surface area contributed by atoms with Crippen molar-refractivity contribution >= 4 is 27.7 Å². The highest BCUT2D eigenvalue weighted by molar-refractivity contribution is 9.10. The van der Waals surface area contributed by atoms with Crippen molar-refractivity contribution in [3.8, 4) is 5.75 Å². The highest BCUT2D eigenvalue weighted by atomic mass is 79.9. The first-order valence-electron chi connectivity index (χ1n) is 7.53. The molecule has 0 aliphatic heterocycles. The molecule has 1 aromatic rings. The Balaban J connectivity index is 2.63. The molecule has 0 fully saturated rings. The Kier molecular flexibility index (Phi) is 8.65. The number of hydrogen-bond donors (Lipinski definition) is 2. The van der Waals surface area contributed by atoms with E-state index in [-0.39, 0.29) is 12.3 Å². The average molecular weight is 387 g/mol. The van der Waals surface area contributed by atoms with Gasteiger partial charge in [-0.15, -0.1) is 0 Å². The van der Waals surface area contributed by atoms with Crippen LogP contribution in [-0.2, 0) is 9.53 Å². The van der Waals surface area contributed by atoms with Crippen molar-refractivity contribution in [2.75, 3.05) is 19.8 Å². The minimum atomic E-state index is -0.435. The molecule has 0 spiro atoms. The van der Waals surface area contributed by atoms with Gasteiger partial charge in [-0.25, -0.2) is 0 Å². The Hall–Kier alpha value is -1.60. The van der Waals surface area contributed by atoms with E-state index in [1.54, 1.807) is 18.2 Å². The van der Waals surface area contributed by atoms with E-state index in [1.165, 1.54) is 0 Å². The second kappa shape index (κ2) is 10.2. The van der Waals surface area contributed by atoms with E-state index >= 15 is 0 Å². The molecule has 0 heterocycles. The van der Waals surface area contributed by atoms with Crippen LogP contribution < -0.4 is 15.6 Å². The molecule has 0 saturated carbocycles. The lowest BCUT2D eigenvalue weighted by Gasteiger charge is -2.14. The van der Waals surface area contributed by atoms with Crippen molar-refractivity contribution in [3.05, 3.63) is 28.2 Å². The summed E-state index contributed by atoms with van der Waals surface area (Å²) in [6.07, 6.45) is 0.184. The van der Waals surface area contributed by atoms with Crippen molar-refractivity contribution in [2.45, 2.75) is 27.2 Å². The third-order valence-electron chi connectivity index (χ3n) is 2.75. The fourth-order valence-electron chi connectivity index (χ4n) is 1.63. The molecular formula is C16H23BrN2O4. The molecule has 0 aliphatic rings. The largest absolute Gasteiger partial charge is 0.492 e. The van der Waals surface area contributed by atoms with Crippen LogP contribution in [0.5, 0.6) is 5.75 Å². The quantitative estimate of drug-likeness (QED) is 0.531. The first-order chi connectivity index (χ1) is 10.9. The van der Waals surface area contributed by atoms with E-state index in [4.69, 9.17) is 9.47 Å². The van der Waals surface area contributed by atoms with Crippen LogP contribution in [0.2, 0.25) is 0 Å². The van der Waals surface area contributed by atoms with Crippen LogP contribution in [0.15, 0.2) is 22.7 Å². The van der Waals surface area contributed by atoms with Crippen LogP contribution in [-0.4, -0.2) is 31.6 Å². The SMILES string of the molecule is CCOCCC(=O)NNC(=O)c1cc(Br)ccc1OCC(C)C. The summed E-state index contributed by atoms with van der Waals surface area (Å²) in [7, 11) is 0. The van der Waals surface area contributed by atoms with Crippen LogP contribution in [0, 0.1) is 5.92 Å². The molecule has 1 rings (SSSR count). The molecule has 0 aromatic heterocycles. The number of hydrazine groups is 1. The number of carbonyl (C=O) groups excluding carboxylic acids is 2. The molecule has 1 aromatic carbocycles. The molecular weight excluding hydrogens is 364 g/mol. The van der Waals surface area contributed by atoms with E-state index in [1.807, 2.05) is 20.8 Å².